The van der Waals surface area contributed by atoms with Gasteiger partial charge in [-0.15, -0.1) is 0 Å². The largest absolute Gasteiger partial charge is 0.416 e. The number of piperidine rings is 1. The molecule has 0 aliphatic carbocycles. The van der Waals surface area contributed by atoms with Gasteiger partial charge in [0, 0.05) is 43.4 Å². The molecular weight excluding hydrogens is 403 g/mol. The first kappa shape index (κ1) is 21.8. The van der Waals surface area contributed by atoms with Crippen LogP contribution in [0.4, 0.5) is 13.2 Å². The predicted molar refractivity (Wildman–Crippen MR) is 113 cm³/mol. The summed E-state index contributed by atoms with van der Waals surface area (Å²) in [7, 11) is 0. The fourth-order valence-electron chi connectivity index (χ4n) is 4.54. The van der Waals surface area contributed by atoms with Crippen molar-refractivity contribution < 1.29 is 18.0 Å². The van der Waals surface area contributed by atoms with Crippen LogP contribution in [-0.2, 0) is 17.4 Å². The fraction of sp³-hybridized carbons (Fsp3) is 0.500. The molecule has 0 N–H and O–H groups in total. The number of alkyl halides is 3. The van der Waals surface area contributed by atoms with Crippen molar-refractivity contribution in [1.82, 2.24) is 14.8 Å². The lowest BCUT2D eigenvalue weighted by Crippen LogP contribution is -2.43. The molecule has 7 heteroatoms. The average Bonchev–Trinajstić information content (AvgIpc) is 3.29. The number of hydrogen-bond acceptors (Lipinski definition) is 3. The fourth-order valence-corrected chi connectivity index (χ4v) is 4.54. The first-order chi connectivity index (χ1) is 14.9. The third-order valence-corrected chi connectivity index (χ3v) is 6.24. The molecule has 0 radical (unpaired) electrons. The molecule has 31 heavy (non-hydrogen) atoms. The van der Waals surface area contributed by atoms with Crippen molar-refractivity contribution >= 4 is 5.91 Å². The Labute approximate surface area is 181 Å². The second-order valence-electron chi connectivity index (χ2n) is 8.59. The van der Waals surface area contributed by atoms with E-state index in [2.05, 4.69) is 4.90 Å². The van der Waals surface area contributed by atoms with Gasteiger partial charge in [0.05, 0.1) is 12.1 Å². The lowest BCUT2D eigenvalue weighted by molar-refractivity contribution is -0.137. The molecule has 2 saturated heterocycles. The highest BCUT2D eigenvalue weighted by Gasteiger charge is 2.30. The van der Waals surface area contributed by atoms with Crippen LogP contribution in [0.2, 0.25) is 0 Å². The number of likely N-dealkylation sites (tertiary alicyclic amines) is 2. The number of aromatic nitrogens is 1. The molecule has 4 nitrogen and oxygen atoms in total. The van der Waals surface area contributed by atoms with Crippen LogP contribution in [-0.4, -0.2) is 53.4 Å². The SMILES string of the molecule is O=C(CN1CCCC(c2cccc(Cc3ccc(C(F)(F)F)cc3)n2)C1)N1CCCC1. The van der Waals surface area contributed by atoms with Gasteiger partial charge >= 0.3 is 6.18 Å². The second kappa shape index (κ2) is 9.39. The molecule has 1 atom stereocenters. The topological polar surface area (TPSA) is 36.4 Å². The quantitative estimate of drug-likeness (QED) is 0.700. The molecule has 2 aliphatic rings. The minimum absolute atomic E-state index is 0.224. The van der Waals surface area contributed by atoms with E-state index in [1.54, 1.807) is 0 Å². The number of nitrogens with zero attached hydrogens (tertiary/aromatic N) is 3. The van der Waals surface area contributed by atoms with Gasteiger partial charge in [-0.2, -0.15) is 13.2 Å². The summed E-state index contributed by atoms with van der Waals surface area (Å²) in [6.45, 7) is 3.98. The van der Waals surface area contributed by atoms with Gasteiger partial charge in [-0.1, -0.05) is 18.2 Å². The Morgan fingerprint density at radius 3 is 2.45 bits per heavy atom. The Bertz CT molecular complexity index is 892. The van der Waals surface area contributed by atoms with E-state index >= 15 is 0 Å². The second-order valence-corrected chi connectivity index (χ2v) is 8.59. The van der Waals surface area contributed by atoms with Crippen LogP contribution < -0.4 is 0 Å². The molecule has 2 aromatic rings. The van der Waals surface area contributed by atoms with Gasteiger partial charge in [-0.25, -0.2) is 0 Å². The Balaban J connectivity index is 1.38. The zero-order valence-electron chi connectivity index (χ0n) is 17.6. The molecule has 1 aromatic heterocycles. The molecule has 1 amide bonds. The van der Waals surface area contributed by atoms with Crippen LogP contribution in [0.25, 0.3) is 0 Å². The molecule has 0 bridgehead atoms. The summed E-state index contributed by atoms with van der Waals surface area (Å²) in [6.07, 6.45) is 0.442. The van der Waals surface area contributed by atoms with E-state index in [1.165, 1.54) is 12.1 Å². The van der Waals surface area contributed by atoms with E-state index in [0.717, 1.165) is 80.9 Å². The van der Waals surface area contributed by atoms with Crippen LogP contribution in [0.3, 0.4) is 0 Å². The van der Waals surface area contributed by atoms with Gasteiger partial charge in [0.25, 0.3) is 0 Å². The van der Waals surface area contributed by atoms with E-state index in [0.29, 0.717) is 13.0 Å². The number of amides is 1. The van der Waals surface area contributed by atoms with Crippen molar-refractivity contribution in [2.24, 2.45) is 0 Å². The summed E-state index contributed by atoms with van der Waals surface area (Å²) >= 11 is 0. The first-order valence-corrected chi connectivity index (χ1v) is 11.0. The zero-order valence-corrected chi connectivity index (χ0v) is 17.6. The van der Waals surface area contributed by atoms with Crippen LogP contribution in [0.15, 0.2) is 42.5 Å². The highest BCUT2D eigenvalue weighted by Crippen LogP contribution is 2.30. The van der Waals surface area contributed by atoms with Crippen LogP contribution in [0.1, 0.15) is 54.1 Å². The Morgan fingerprint density at radius 2 is 1.74 bits per heavy atom. The summed E-state index contributed by atoms with van der Waals surface area (Å²) in [5.74, 6) is 0.495. The predicted octanol–water partition coefficient (Wildman–Crippen LogP) is 4.49. The summed E-state index contributed by atoms with van der Waals surface area (Å²) in [4.78, 5) is 21.5. The average molecular weight is 432 g/mol. The number of halogens is 3. The Hall–Kier alpha value is -2.41. The third-order valence-electron chi connectivity index (χ3n) is 6.24. The van der Waals surface area contributed by atoms with Crippen LogP contribution in [0, 0.1) is 0 Å². The number of hydrogen-bond donors (Lipinski definition) is 0. The number of carbonyl (C=O) groups is 1. The van der Waals surface area contributed by atoms with Gasteiger partial charge < -0.3 is 4.90 Å². The van der Waals surface area contributed by atoms with Gasteiger partial charge in [0.2, 0.25) is 5.91 Å². The van der Waals surface area contributed by atoms with Gasteiger partial charge in [-0.3, -0.25) is 14.7 Å². The summed E-state index contributed by atoms with van der Waals surface area (Å²) in [6, 6.07) is 11.2. The summed E-state index contributed by atoms with van der Waals surface area (Å²) in [5, 5.41) is 0. The molecule has 0 spiro atoms. The van der Waals surface area contributed by atoms with Crippen molar-refractivity contribution in [3.05, 3.63) is 65.0 Å². The molecule has 2 fully saturated rings. The van der Waals surface area contributed by atoms with Crippen molar-refractivity contribution in [3.8, 4) is 0 Å². The molecule has 2 aliphatic heterocycles. The molecule has 4 rings (SSSR count). The molecule has 1 unspecified atom stereocenters. The lowest BCUT2D eigenvalue weighted by Gasteiger charge is -2.33. The molecule has 1 aromatic carbocycles. The van der Waals surface area contributed by atoms with E-state index in [-0.39, 0.29) is 11.8 Å². The van der Waals surface area contributed by atoms with Gasteiger partial charge in [0.15, 0.2) is 0 Å². The lowest BCUT2D eigenvalue weighted by atomic mass is 9.93. The maximum atomic E-state index is 12.8. The third kappa shape index (κ3) is 5.64. The highest BCUT2D eigenvalue weighted by atomic mass is 19.4. The summed E-state index contributed by atoms with van der Waals surface area (Å²) in [5.41, 5.74) is 2.02. The van der Waals surface area contributed by atoms with Crippen molar-refractivity contribution in [3.63, 3.8) is 0 Å². The van der Waals surface area contributed by atoms with Crippen LogP contribution in [0.5, 0.6) is 0 Å². The molecule has 3 heterocycles. The number of benzene rings is 1. The molecule has 0 saturated carbocycles. The van der Waals surface area contributed by atoms with Crippen molar-refractivity contribution in [2.75, 3.05) is 32.7 Å². The van der Waals surface area contributed by atoms with E-state index in [4.69, 9.17) is 4.98 Å². The van der Waals surface area contributed by atoms with E-state index < -0.39 is 11.7 Å². The number of rotatable bonds is 5. The molecular formula is C24H28F3N3O. The van der Waals surface area contributed by atoms with E-state index in [1.807, 2.05) is 23.1 Å². The standard InChI is InChI=1S/C24H28F3N3O/c25-24(26,27)20-10-8-18(9-11-20)15-21-6-3-7-22(28-21)19-5-4-12-29(16-19)17-23(31)30-13-1-2-14-30/h3,6-11,19H,1-2,4-5,12-17H2. The van der Waals surface area contributed by atoms with Gasteiger partial charge in [-0.05, 0) is 62.1 Å². The molecule has 166 valence electrons. The minimum atomic E-state index is -4.32. The van der Waals surface area contributed by atoms with Crippen molar-refractivity contribution in [1.29, 1.82) is 0 Å². The Morgan fingerprint density at radius 1 is 1.00 bits per heavy atom. The Kier molecular flexibility index (Phi) is 6.60. The maximum Gasteiger partial charge on any atom is 0.416 e. The highest BCUT2D eigenvalue weighted by molar-refractivity contribution is 5.78. The zero-order chi connectivity index (χ0) is 21.8. The first-order valence-electron chi connectivity index (χ1n) is 11.0. The van der Waals surface area contributed by atoms with Crippen molar-refractivity contribution in [2.45, 2.75) is 44.2 Å². The number of pyridine rings is 1. The van der Waals surface area contributed by atoms with E-state index in [9.17, 15) is 18.0 Å². The van der Waals surface area contributed by atoms with Gasteiger partial charge in [0.1, 0.15) is 0 Å². The maximum absolute atomic E-state index is 12.8. The number of carbonyl (C=O) groups excluding carboxylic acids is 1. The summed E-state index contributed by atoms with van der Waals surface area (Å²) < 4.78 is 38.3. The van der Waals surface area contributed by atoms with Crippen LogP contribution >= 0.6 is 0 Å². The normalized spacial score (nSPS) is 20.2. The minimum Gasteiger partial charge on any atom is -0.342 e. The monoisotopic (exact) mass is 431 g/mol. The smallest absolute Gasteiger partial charge is 0.342 e.